The third-order valence-corrected chi connectivity index (χ3v) is 3.61. The van der Waals surface area contributed by atoms with Crippen molar-refractivity contribution in [3.05, 3.63) is 35.6 Å². The summed E-state index contributed by atoms with van der Waals surface area (Å²) in [7, 11) is 0. The summed E-state index contributed by atoms with van der Waals surface area (Å²) >= 11 is 0. The number of benzene rings is 1. The minimum Gasteiger partial charge on any atom is -0.381 e. The normalized spacial score (nSPS) is 12.8. The standard InChI is InChI=1S/C18H30FNO/c1-4-20-14-17(9-11-21-10-8-15(2)3)12-16-6-5-7-18(19)13-16/h5-7,13,15,17,20H,4,8-12,14H2,1-3H3. The molecule has 0 heterocycles. The summed E-state index contributed by atoms with van der Waals surface area (Å²) in [5.41, 5.74) is 1.07. The lowest BCUT2D eigenvalue weighted by Crippen LogP contribution is -2.25. The second-order valence-electron chi connectivity index (χ2n) is 6.09. The topological polar surface area (TPSA) is 21.3 Å². The predicted octanol–water partition coefficient (Wildman–Crippen LogP) is 4.05. The van der Waals surface area contributed by atoms with Crippen molar-refractivity contribution < 1.29 is 9.13 Å². The first-order valence-electron chi connectivity index (χ1n) is 8.14. The van der Waals surface area contributed by atoms with E-state index in [1.165, 1.54) is 6.07 Å². The molecule has 1 N–H and O–H groups in total. The van der Waals surface area contributed by atoms with E-state index in [9.17, 15) is 4.39 Å². The van der Waals surface area contributed by atoms with Crippen molar-refractivity contribution in [3.8, 4) is 0 Å². The zero-order chi connectivity index (χ0) is 15.5. The Balaban J connectivity index is 2.36. The highest BCUT2D eigenvalue weighted by Crippen LogP contribution is 2.13. The third kappa shape index (κ3) is 8.84. The van der Waals surface area contributed by atoms with Crippen LogP contribution < -0.4 is 5.32 Å². The van der Waals surface area contributed by atoms with Crippen LogP contribution in [0.2, 0.25) is 0 Å². The highest BCUT2D eigenvalue weighted by atomic mass is 19.1. The van der Waals surface area contributed by atoms with E-state index < -0.39 is 0 Å². The molecule has 1 aromatic carbocycles. The van der Waals surface area contributed by atoms with E-state index in [-0.39, 0.29) is 5.82 Å². The monoisotopic (exact) mass is 295 g/mol. The van der Waals surface area contributed by atoms with Gasteiger partial charge in [-0.2, -0.15) is 0 Å². The van der Waals surface area contributed by atoms with Gasteiger partial charge in [-0.1, -0.05) is 32.9 Å². The fourth-order valence-electron chi connectivity index (χ4n) is 2.29. The van der Waals surface area contributed by atoms with Gasteiger partial charge in [-0.15, -0.1) is 0 Å². The maximum Gasteiger partial charge on any atom is 0.123 e. The van der Waals surface area contributed by atoms with Crippen LogP contribution >= 0.6 is 0 Å². The average Bonchev–Trinajstić information content (AvgIpc) is 2.43. The van der Waals surface area contributed by atoms with Crippen molar-refractivity contribution in [1.82, 2.24) is 5.32 Å². The number of halogens is 1. The first-order chi connectivity index (χ1) is 10.1. The zero-order valence-electron chi connectivity index (χ0n) is 13.7. The van der Waals surface area contributed by atoms with Gasteiger partial charge in [-0.25, -0.2) is 4.39 Å². The van der Waals surface area contributed by atoms with Crippen molar-refractivity contribution in [2.45, 2.75) is 40.0 Å². The van der Waals surface area contributed by atoms with E-state index in [1.54, 1.807) is 12.1 Å². The molecule has 1 aromatic rings. The summed E-state index contributed by atoms with van der Waals surface area (Å²) in [6.45, 7) is 10.1. The molecular weight excluding hydrogens is 265 g/mol. The Morgan fingerprint density at radius 1 is 1.19 bits per heavy atom. The zero-order valence-corrected chi connectivity index (χ0v) is 13.7. The lowest BCUT2D eigenvalue weighted by Gasteiger charge is -2.18. The first kappa shape index (κ1) is 18.1. The molecule has 0 aliphatic carbocycles. The molecule has 0 aliphatic heterocycles. The van der Waals surface area contributed by atoms with Crippen molar-refractivity contribution in [2.75, 3.05) is 26.3 Å². The number of nitrogens with one attached hydrogen (secondary N) is 1. The molecule has 1 atom stereocenters. The summed E-state index contributed by atoms with van der Waals surface area (Å²) in [6, 6.07) is 6.92. The molecule has 120 valence electrons. The van der Waals surface area contributed by atoms with Crippen LogP contribution in [0.5, 0.6) is 0 Å². The molecule has 0 spiro atoms. The molecule has 0 aliphatic rings. The minimum absolute atomic E-state index is 0.150. The van der Waals surface area contributed by atoms with Gasteiger partial charge >= 0.3 is 0 Å². The van der Waals surface area contributed by atoms with Crippen LogP contribution in [-0.4, -0.2) is 26.3 Å². The van der Waals surface area contributed by atoms with E-state index in [0.717, 1.165) is 51.1 Å². The lowest BCUT2D eigenvalue weighted by atomic mass is 9.96. The van der Waals surface area contributed by atoms with Crippen molar-refractivity contribution in [2.24, 2.45) is 11.8 Å². The molecule has 0 bridgehead atoms. The molecule has 1 rings (SSSR count). The Morgan fingerprint density at radius 2 is 1.95 bits per heavy atom. The quantitative estimate of drug-likeness (QED) is 0.622. The summed E-state index contributed by atoms with van der Waals surface area (Å²) in [6.07, 6.45) is 3.03. The smallest absolute Gasteiger partial charge is 0.123 e. The molecule has 0 aromatic heterocycles. The highest BCUT2D eigenvalue weighted by molar-refractivity contribution is 5.16. The van der Waals surface area contributed by atoms with Crippen LogP contribution in [-0.2, 0) is 11.2 Å². The lowest BCUT2D eigenvalue weighted by molar-refractivity contribution is 0.110. The Kier molecular flexibility index (Phi) is 9.27. The van der Waals surface area contributed by atoms with E-state index in [0.29, 0.717) is 11.8 Å². The van der Waals surface area contributed by atoms with Crippen LogP contribution in [0.4, 0.5) is 4.39 Å². The van der Waals surface area contributed by atoms with Crippen LogP contribution in [0.15, 0.2) is 24.3 Å². The number of hydrogen-bond acceptors (Lipinski definition) is 2. The van der Waals surface area contributed by atoms with Gasteiger partial charge in [-0.05, 0) is 61.9 Å². The van der Waals surface area contributed by atoms with Crippen LogP contribution in [0, 0.1) is 17.7 Å². The Bertz CT molecular complexity index is 381. The van der Waals surface area contributed by atoms with E-state index >= 15 is 0 Å². The summed E-state index contributed by atoms with van der Waals surface area (Å²) in [5, 5.41) is 3.39. The summed E-state index contributed by atoms with van der Waals surface area (Å²) < 4.78 is 19.0. The molecule has 0 saturated carbocycles. The van der Waals surface area contributed by atoms with Gasteiger partial charge in [0.25, 0.3) is 0 Å². The summed E-state index contributed by atoms with van der Waals surface area (Å²) in [4.78, 5) is 0. The number of rotatable bonds is 11. The minimum atomic E-state index is -0.150. The largest absolute Gasteiger partial charge is 0.381 e. The molecule has 2 nitrogen and oxygen atoms in total. The Labute approximate surface area is 129 Å². The second kappa shape index (κ2) is 10.7. The predicted molar refractivity (Wildman–Crippen MR) is 87.0 cm³/mol. The molecule has 0 amide bonds. The number of hydrogen-bond donors (Lipinski definition) is 1. The van der Waals surface area contributed by atoms with Crippen LogP contribution in [0.3, 0.4) is 0 Å². The fraction of sp³-hybridized carbons (Fsp3) is 0.667. The molecule has 3 heteroatoms. The van der Waals surface area contributed by atoms with E-state index in [2.05, 4.69) is 26.1 Å². The Hall–Kier alpha value is -0.930. The van der Waals surface area contributed by atoms with Gasteiger partial charge < -0.3 is 10.1 Å². The molecular formula is C18H30FNO. The maximum absolute atomic E-state index is 13.3. The Morgan fingerprint density at radius 3 is 2.62 bits per heavy atom. The second-order valence-corrected chi connectivity index (χ2v) is 6.09. The molecule has 1 unspecified atom stereocenters. The third-order valence-electron chi connectivity index (χ3n) is 3.61. The summed E-state index contributed by atoms with van der Waals surface area (Å²) in [5.74, 6) is 1.03. The fourth-order valence-corrected chi connectivity index (χ4v) is 2.29. The van der Waals surface area contributed by atoms with Crippen molar-refractivity contribution >= 4 is 0 Å². The number of ether oxygens (including phenoxy) is 1. The van der Waals surface area contributed by atoms with Crippen LogP contribution in [0.25, 0.3) is 0 Å². The van der Waals surface area contributed by atoms with Crippen LogP contribution in [0.1, 0.15) is 39.2 Å². The average molecular weight is 295 g/mol. The molecule has 0 fully saturated rings. The van der Waals surface area contributed by atoms with Gasteiger partial charge in [0, 0.05) is 13.2 Å². The first-order valence-corrected chi connectivity index (χ1v) is 8.14. The van der Waals surface area contributed by atoms with Gasteiger partial charge in [-0.3, -0.25) is 0 Å². The van der Waals surface area contributed by atoms with Gasteiger partial charge in [0.05, 0.1) is 0 Å². The SMILES string of the molecule is CCNCC(CCOCCC(C)C)Cc1cccc(F)c1. The van der Waals surface area contributed by atoms with Crippen molar-refractivity contribution in [3.63, 3.8) is 0 Å². The van der Waals surface area contributed by atoms with Gasteiger partial charge in [0.1, 0.15) is 5.82 Å². The highest BCUT2D eigenvalue weighted by Gasteiger charge is 2.10. The van der Waals surface area contributed by atoms with E-state index in [4.69, 9.17) is 4.74 Å². The van der Waals surface area contributed by atoms with Crippen molar-refractivity contribution in [1.29, 1.82) is 0 Å². The molecule has 0 radical (unpaired) electrons. The van der Waals surface area contributed by atoms with Gasteiger partial charge in [0.15, 0.2) is 0 Å². The van der Waals surface area contributed by atoms with E-state index in [1.807, 2.05) is 6.07 Å². The maximum atomic E-state index is 13.3. The molecule has 21 heavy (non-hydrogen) atoms. The van der Waals surface area contributed by atoms with Gasteiger partial charge in [0.2, 0.25) is 0 Å². The molecule has 0 saturated heterocycles.